The first kappa shape index (κ1) is 13.9. The van der Waals surface area contributed by atoms with Gasteiger partial charge in [0.15, 0.2) is 0 Å². The second-order valence-electron chi connectivity index (χ2n) is 6.92. The highest BCUT2D eigenvalue weighted by molar-refractivity contribution is 5.79. The Morgan fingerprint density at radius 1 is 1.17 bits per heavy atom. The van der Waals surface area contributed by atoms with Crippen LogP contribution in [0.25, 0.3) is 0 Å². The fourth-order valence-corrected chi connectivity index (χ4v) is 3.52. The summed E-state index contributed by atoms with van der Waals surface area (Å²) in [7, 11) is 0. The summed E-state index contributed by atoms with van der Waals surface area (Å²) in [6, 6.07) is 0.589. The molecule has 3 heteroatoms. The maximum absolute atomic E-state index is 12.3. The molecule has 2 rings (SSSR count). The van der Waals surface area contributed by atoms with E-state index in [0.29, 0.717) is 6.04 Å². The summed E-state index contributed by atoms with van der Waals surface area (Å²) in [5.74, 6) is 0.414. The van der Waals surface area contributed by atoms with Gasteiger partial charge in [0, 0.05) is 18.0 Å². The average Bonchev–Trinajstić information content (AvgIpc) is 2.31. The van der Waals surface area contributed by atoms with Gasteiger partial charge in [0.1, 0.15) is 0 Å². The molecule has 0 saturated heterocycles. The van der Waals surface area contributed by atoms with E-state index in [0.717, 1.165) is 32.1 Å². The third-order valence-corrected chi connectivity index (χ3v) is 4.91. The van der Waals surface area contributed by atoms with Crippen molar-refractivity contribution in [1.82, 2.24) is 5.32 Å². The third kappa shape index (κ3) is 3.25. The van der Waals surface area contributed by atoms with Crippen LogP contribution in [0.3, 0.4) is 0 Å². The van der Waals surface area contributed by atoms with Gasteiger partial charge in [-0.25, -0.2) is 0 Å². The molecule has 0 spiro atoms. The second-order valence-corrected chi connectivity index (χ2v) is 6.92. The maximum Gasteiger partial charge on any atom is 0.223 e. The van der Waals surface area contributed by atoms with Gasteiger partial charge in [0.05, 0.1) is 0 Å². The molecule has 0 aromatic rings. The summed E-state index contributed by atoms with van der Waals surface area (Å²) in [6.07, 6.45) is 8.99. The highest BCUT2D eigenvalue weighted by atomic mass is 16.1. The van der Waals surface area contributed by atoms with Crippen LogP contribution in [0.4, 0.5) is 0 Å². The normalized spacial score (nSPS) is 36.1. The van der Waals surface area contributed by atoms with E-state index in [2.05, 4.69) is 19.2 Å². The van der Waals surface area contributed by atoms with E-state index in [-0.39, 0.29) is 23.3 Å². The molecule has 2 aliphatic rings. The average molecular weight is 252 g/mol. The first-order valence-electron chi connectivity index (χ1n) is 7.55. The minimum absolute atomic E-state index is 0.159. The standard InChI is InChI=1S/C15H28N2O/c1-15(2)9-4-3-8-13(15)17-14(18)11-6-5-7-12(16)10-11/h11-13H,3-10,16H2,1-2H3,(H,17,18). The van der Waals surface area contributed by atoms with E-state index in [1.54, 1.807) is 0 Å². The van der Waals surface area contributed by atoms with Crippen LogP contribution >= 0.6 is 0 Å². The van der Waals surface area contributed by atoms with Crippen molar-refractivity contribution in [3.63, 3.8) is 0 Å². The molecule has 2 aliphatic carbocycles. The number of carbonyl (C=O) groups excluding carboxylic acids is 1. The zero-order valence-electron chi connectivity index (χ0n) is 11.9. The van der Waals surface area contributed by atoms with Gasteiger partial charge >= 0.3 is 0 Å². The quantitative estimate of drug-likeness (QED) is 0.793. The molecular weight excluding hydrogens is 224 g/mol. The van der Waals surface area contributed by atoms with Crippen molar-refractivity contribution >= 4 is 5.91 Å². The van der Waals surface area contributed by atoms with Gasteiger partial charge in [-0.15, -0.1) is 0 Å². The number of rotatable bonds is 2. The number of nitrogens with one attached hydrogen (secondary N) is 1. The van der Waals surface area contributed by atoms with Crippen molar-refractivity contribution in [2.75, 3.05) is 0 Å². The monoisotopic (exact) mass is 252 g/mol. The van der Waals surface area contributed by atoms with Crippen molar-refractivity contribution < 1.29 is 4.79 Å². The van der Waals surface area contributed by atoms with Crippen molar-refractivity contribution in [2.24, 2.45) is 17.1 Å². The molecule has 0 radical (unpaired) electrons. The van der Waals surface area contributed by atoms with Crippen LogP contribution in [0.1, 0.15) is 65.2 Å². The number of hydrogen-bond donors (Lipinski definition) is 2. The van der Waals surface area contributed by atoms with Gasteiger partial charge in [-0.1, -0.05) is 33.1 Å². The fraction of sp³-hybridized carbons (Fsp3) is 0.933. The summed E-state index contributed by atoms with van der Waals surface area (Å²) in [6.45, 7) is 4.56. The van der Waals surface area contributed by atoms with Crippen molar-refractivity contribution in [3.8, 4) is 0 Å². The van der Waals surface area contributed by atoms with Crippen molar-refractivity contribution in [3.05, 3.63) is 0 Å². The Labute approximate surface area is 111 Å². The van der Waals surface area contributed by atoms with E-state index in [4.69, 9.17) is 5.73 Å². The molecule has 2 fully saturated rings. The number of hydrogen-bond acceptors (Lipinski definition) is 2. The Bertz CT molecular complexity index is 301. The summed E-state index contributed by atoms with van der Waals surface area (Å²) in [4.78, 5) is 12.3. The Hall–Kier alpha value is -0.570. The van der Waals surface area contributed by atoms with Gasteiger partial charge < -0.3 is 11.1 Å². The van der Waals surface area contributed by atoms with Crippen LogP contribution in [0, 0.1) is 11.3 Å². The second kappa shape index (κ2) is 5.60. The van der Waals surface area contributed by atoms with Crippen LogP contribution in [0.5, 0.6) is 0 Å². The van der Waals surface area contributed by atoms with Crippen molar-refractivity contribution in [1.29, 1.82) is 0 Å². The zero-order chi connectivity index (χ0) is 13.2. The Kier molecular flexibility index (Phi) is 4.31. The molecular formula is C15H28N2O. The Morgan fingerprint density at radius 3 is 2.61 bits per heavy atom. The minimum Gasteiger partial charge on any atom is -0.353 e. The number of carbonyl (C=O) groups is 1. The third-order valence-electron chi connectivity index (χ3n) is 4.91. The van der Waals surface area contributed by atoms with Crippen LogP contribution in [0.2, 0.25) is 0 Å². The highest BCUT2D eigenvalue weighted by Gasteiger charge is 2.35. The van der Waals surface area contributed by atoms with E-state index in [1.165, 1.54) is 19.3 Å². The Morgan fingerprint density at radius 2 is 1.94 bits per heavy atom. The molecule has 0 bridgehead atoms. The van der Waals surface area contributed by atoms with E-state index < -0.39 is 0 Å². The topological polar surface area (TPSA) is 55.1 Å². The van der Waals surface area contributed by atoms with Crippen LogP contribution in [-0.4, -0.2) is 18.0 Å². The first-order chi connectivity index (χ1) is 8.49. The molecule has 0 aliphatic heterocycles. The lowest BCUT2D eigenvalue weighted by molar-refractivity contribution is -0.128. The molecule has 3 atom stereocenters. The largest absolute Gasteiger partial charge is 0.353 e. The molecule has 0 aromatic carbocycles. The van der Waals surface area contributed by atoms with E-state index >= 15 is 0 Å². The van der Waals surface area contributed by atoms with Gasteiger partial charge in [-0.2, -0.15) is 0 Å². The van der Waals surface area contributed by atoms with Gasteiger partial charge in [-0.05, 0) is 37.5 Å². The van der Waals surface area contributed by atoms with Gasteiger partial charge in [-0.3, -0.25) is 4.79 Å². The maximum atomic E-state index is 12.3. The van der Waals surface area contributed by atoms with Crippen molar-refractivity contribution in [2.45, 2.75) is 77.3 Å². The number of nitrogens with two attached hydrogens (primary N) is 1. The lowest BCUT2D eigenvalue weighted by Crippen LogP contribution is -2.49. The predicted molar refractivity (Wildman–Crippen MR) is 74.1 cm³/mol. The SMILES string of the molecule is CC1(C)CCCCC1NC(=O)C1CCCC(N)C1. The smallest absolute Gasteiger partial charge is 0.223 e. The molecule has 3 unspecified atom stereocenters. The van der Waals surface area contributed by atoms with Crippen LogP contribution < -0.4 is 11.1 Å². The fourth-order valence-electron chi connectivity index (χ4n) is 3.52. The predicted octanol–water partition coefficient (Wildman–Crippen LogP) is 2.59. The molecule has 104 valence electrons. The molecule has 0 aromatic heterocycles. The summed E-state index contributed by atoms with van der Waals surface area (Å²) >= 11 is 0. The molecule has 18 heavy (non-hydrogen) atoms. The molecule has 0 heterocycles. The number of amides is 1. The minimum atomic E-state index is 0.159. The van der Waals surface area contributed by atoms with Crippen LogP contribution in [0.15, 0.2) is 0 Å². The molecule has 3 N–H and O–H groups in total. The van der Waals surface area contributed by atoms with E-state index in [9.17, 15) is 4.79 Å². The molecule has 1 amide bonds. The van der Waals surface area contributed by atoms with Gasteiger partial charge in [0.25, 0.3) is 0 Å². The van der Waals surface area contributed by atoms with Gasteiger partial charge in [0.2, 0.25) is 5.91 Å². The summed E-state index contributed by atoms with van der Waals surface area (Å²) < 4.78 is 0. The Balaban J connectivity index is 1.89. The van der Waals surface area contributed by atoms with Crippen LogP contribution in [-0.2, 0) is 4.79 Å². The first-order valence-corrected chi connectivity index (χ1v) is 7.55. The summed E-state index contributed by atoms with van der Waals surface area (Å²) in [5, 5.41) is 3.30. The molecule has 2 saturated carbocycles. The summed E-state index contributed by atoms with van der Waals surface area (Å²) in [5.41, 5.74) is 6.22. The lowest BCUT2D eigenvalue weighted by Gasteiger charge is -2.40. The highest BCUT2D eigenvalue weighted by Crippen LogP contribution is 2.36. The van der Waals surface area contributed by atoms with E-state index in [1.807, 2.05) is 0 Å². The zero-order valence-corrected chi connectivity index (χ0v) is 11.9. The molecule has 3 nitrogen and oxygen atoms in total. The lowest BCUT2D eigenvalue weighted by atomic mass is 9.73.